The summed E-state index contributed by atoms with van der Waals surface area (Å²) in [6.45, 7) is 3.57. The van der Waals surface area contributed by atoms with Gasteiger partial charge in [-0.2, -0.15) is 0 Å². The highest BCUT2D eigenvalue weighted by Gasteiger charge is 2.24. The maximum Gasteiger partial charge on any atom is 0.277 e. The Balaban J connectivity index is 2.36. The van der Waals surface area contributed by atoms with Crippen molar-refractivity contribution >= 4 is 11.4 Å². The molecule has 110 valence electrons. The molecule has 1 aliphatic heterocycles. The number of nitro benzene ring substituents is 1. The number of methoxy groups -OCH3 is 2. The molecule has 7 nitrogen and oxygen atoms in total. The van der Waals surface area contributed by atoms with Crippen molar-refractivity contribution in [3.63, 3.8) is 0 Å². The first-order valence-electron chi connectivity index (χ1n) is 6.47. The minimum Gasteiger partial charge on any atom is -0.369 e. The van der Waals surface area contributed by atoms with Crippen LogP contribution >= 0.6 is 0 Å². The molecule has 1 fully saturated rings. The summed E-state index contributed by atoms with van der Waals surface area (Å²) >= 11 is 0. The third-order valence-electron chi connectivity index (χ3n) is 3.37. The fourth-order valence-electron chi connectivity index (χ4n) is 2.37. The number of nitrogens with zero attached hydrogens (tertiary/aromatic N) is 2. The first-order chi connectivity index (χ1) is 9.67. The molecule has 0 bridgehead atoms. The number of rotatable bonds is 5. The van der Waals surface area contributed by atoms with E-state index in [9.17, 15) is 10.1 Å². The van der Waals surface area contributed by atoms with Gasteiger partial charge in [-0.1, -0.05) is 0 Å². The van der Waals surface area contributed by atoms with E-state index in [1.54, 1.807) is 12.1 Å². The molecule has 7 heteroatoms. The topological polar surface area (TPSA) is 76.9 Å². The number of hydrogen-bond donors (Lipinski definition) is 1. The van der Waals surface area contributed by atoms with E-state index in [-0.39, 0.29) is 5.69 Å². The average molecular weight is 281 g/mol. The smallest absolute Gasteiger partial charge is 0.277 e. The molecule has 1 N–H and O–H groups in total. The quantitative estimate of drug-likeness (QED) is 0.498. The zero-order chi connectivity index (χ0) is 14.5. The van der Waals surface area contributed by atoms with E-state index >= 15 is 0 Å². The summed E-state index contributed by atoms with van der Waals surface area (Å²) in [5.41, 5.74) is 1.40. The van der Waals surface area contributed by atoms with Crippen LogP contribution in [0.3, 0.4) is 0 Å². The van der Waals surface area contributed by atoms with Crippen molar-refractivity contribution in [1.82, 2.24) is 5.32 Å². The minimum atomic E-state index is -0.738. The van der Waals surface area contributed by atoms with Crippen LogP contribution in [0.2, 0.25) is 0 Å². The van der Waals surface area contributed by atoms with Gasteiger partial charge in [-0.3, -0.25) is 10.1 Å². The van der Waals surface area contributed by atoms with Gasteiger partial charge in [0.1, 0.15) is 0 Å². The van der Waals surface area contributed by atoms with E-state index in [2.05, 4.69) is 10.2 Å². The van der Waals surface area contributed by atoms with Gasteiger partial charge in [0.25, 0.3) is 5.69 Å². The Morgan fingerprint density at radius 3 is 2.50 bits per heavy atom. The molecule has 0 spiro atoms. The minimum absolute atomic E-state index is 0.0117. The number of piperazine rings is 1. The summed E-state index contributed by atoms with van der Waals surface area (Å²) in [5, 5.41) is 14.4. The number of benzene rings is 1. The standard InChI is InChI=1S/C13H19N3O4/c1-19-13(20-2)11-9-10(3-4-12(11)16(17)18)15-7-5-14-6-8-15/h3-4,9,13-14H,5-8H2,1-2H3. The van der Waals surface area contributed by atoms with Crippen molar-refractivity contribution in [2.75, 3.05) is 45.3 Å². The van der Waals surface area contributed by atoms with Crippen molar-refractivity contribution in [2.45, 2.75) is 6.29 Å². The maximum atomic E-state index is 11.1. The lowest BCUT2D eigenvalue weighted by Crippen LogP contribution is -2.43. The molecular weight excluding hydrogens is 262 g/mol. The zero-order valence-corrected chi connectivity index (χ0v) is 11.7. The Hall–Kier alpha value is -1.70. The van der Waals surface area contributed by atoms with E-state index in [1.165, 1.54) is 20.3 Å². The SMILES string of the molecule is COC(OC)c1cc(N2CCNCC2)ccc1[N+](=O)[O-]. The molecule has 0 radical (unpaired) electrons. The molecule has 0 aromatic heterocycles. The van der Waals surface area contributed by atoms with Crippen LogP contribution in [0.15, 0.2) is 18.2 Å². The van der Waals surface area contributed by atoms with Gasteiger partial charge in [0.15, 0.2) is 6.29 Å². The third-order valence-corrected chi connectivity index (χ3v) is 3.37. The van der Waals surface area contributed by atoms with E-state index in [0.29, 0.717) is 5.56 Å². The lowest BCUT2D eigenvalue weighted by atomic mass is 10.1. The lowest BCUT2D eigenvalue weighted by molar-refractivity contribution is -0.387. The van der Waals surface area contributed by atoms with Gasteiger partial charge >= 0.3 is 0 Å². The fraction of sp³-hybridized carbons (Fsp3) is 0.538. The van der Waals surface area contributed by atoms with Gasteiger partial charge in [-0.15, -0.1) is 0 Å². The summed E-state index contributed by atoms with van der Waals surface area (Å²) in [5.74, 6) is 0. The highest BCUT2D eigenvalue weighted by molar-refractivity contribution is 5.56. The third kappa shape index (κ3) is 3.06. The van der Waals surface area contributed by atoms with Crippen molar-refractivity contribution in [3.05, 3.63) is 33.9 Å². The molecule has 1 saturated heterocycles. The summed E-state index contributed by atoms with van der Waals surface area (Å²) in [4.78, 5) is 12.9. The predicted octanol–water partition coefficient (Wildman–Crippen LogP) is 1.30. The second-order valence-corrected chi connectivity index (χ2v) is 4.54. The Labute approximate surface area is 117 Å². The Morgan fingerprint density at radius 1 is 1.30 bits per heavy atom. The summed E-state index contributed by atoms with van der Waals surface area (Å²) < 4.78 is 10.3. The van der Waals surface area contributed by atoms with Crippen molar-refractivity contribution in [2.24, 2.45) is 0 Å². The number of anilines is 1. The molecule has 1 aromatic carbocycles. The molecule has 2 rings (SSSR count). The van der Waals surface area contributed by atoms with Gasteiger partial charge in [0.05, 0.1) is 10.5 Å². The molecule has 0 unspecified atom stereocenters. The van der Waals surface area contributed by atoms with E-state index in [4.69, 9.17) is 9.47 Å². The fourth-order valence-corrected chi connectivity index (χ4v) is 2.37. The number of nitro groups is 1. The van der Waals surface area contributed by atoms with Gasteiger partial charge < -0.3 is 19.7 Å². The van der Waals surface area contributed by atoms with Gasteiger partial charge in [0.2, 0.25) is 0 Å². The van der Waals surface area contributed by atoms with Crippen molar-refractivity contribution < 1.29 is 14.4 Å². The highest BCUT2D eigenvalue weighted by Crippen LogP contribution is 2.31. The van der Waals surface area contributed by atoms with Crippen LogP contribution in [0.4, 0.5) is 11.4 Å². The largest absolute Gasteiger partial charge is 0.369 e. The van der Waals surface area contributed by atoms with Crippen LogP contribution in [-0.2, 0) is 9.47 Å². The second-order valence-electron chi connectivity index (χ2n) is 4.54. The number of hydrogen-bond acceptors (Lipinski definition) is 6. The van der Waals surface area contributed by atoms with Crippen molar-refractivity contribution in [3.8, 4) is 0 Å². The Morgan fingerprint density at radius 2 is 1.95 bits per heavy atom. The first kappa shape index (κ1) is 14.7. The first-order valence-corrected chi connectivity index (χ1v) is 6.47. The van der Waals surface area contributed by atoms with Crippen LogP contribution < -0.4 is 10.2 Å². The van der Waals surface area contributed by atoms with Gasteiger partial charge in [-0.25, -0.2) is 0 Å². The Bertz CT molecular complexity index is 471. The molecule has 0 amide bonds. The maximum absolute atomic E-state index is 11.1. The molecule has 0 aliphatic carbocycles. The molecule has 1 aromatic rings. The Kier molecular flexibility index (Phi) is 4.89. The molecule has 0 saturated carbocycles. The molecule has 20 heavy (non-hydrogen) atoms. The van der Waals surface area contributed by atoms with Crippen LogP contribution in [-0.4, -0.2) is 45.3 Å². The predicted molar refractivity (Wildman–Crippen MR) is 74.9 cm³/mol. The molecular formula is C13H19N3O4. The highest BCUT2D eigenvalue weighted by atomic mass is 16.7. The average Bonchev–Trinajstić information content (AvgIpc) is 2.49. The van der Waals surface area contributed by atoms with Crippen LogP contribution in [0.5, 0.6) is 0 Å². The lowest BCUT2D eigenvalue weighted by Gasteiger charge is -2.30. The zero-order valence-electron chi connectivity index (χ0n) is 11.7. The van der Waals surface area contributed by atoms with E-state index in [1.807, 2.05) is 0 Å². The van der Waals surface area contributed by atoms with Gasteiger partial charge in [0, 0.05) is 52.2 Å². The summed E-state index contributed by atoms with van der Waals surface area (Å²) in [6.07, 6.45) is -0.738. The van der Waals surface area contributed by atoms with Crippen molar-refractivity contribution in [1.29, 1.82) is 0 Å². The molecule has 1 heterocycles. The monoisotopic (exact) mass is 281 g/mol. The normalized spacial score (nSPS) is 15.7. The molecule has 0 atom stereocenters. The van der Waals surface area contributed by atoms with E-state index in [0.717, 1.165) is 31.9 Å². The van der Waals surface area contributed by atoms with Gasteiger partial charge in [-0.05, 0) is 12.1 Å². The van der Waals surface area contributed by atoms with Crippen LogP contribution in [0, 0.1) is 10.1 Å². The summed E-state index contributed by atoms with van der Waals surface area (Å²) in [6, 6.07) is 5.06. The summed E-state index contributed by atoms with van der Waals surface area (Å²) in [7, 11) is 2.94. The van der Waals surface area contributed by atoms with Crippen LogP contribution in [0.25, 0.3) is 0 Å². The number of nitrogens with one attached hydrogen (secondary N) is 1. The number of ether oxygens (including phenoxy) is 2. The van der Waals surface area contributed by atoms with Crippen LogP contribution in [0.1, 0.15) is 11.9 Å². The molecule has 1 aliphatic rings. The second kappa shape index (κ2) is 6.65. The van der Waals surface area contributed by atoms with E-state index < -0.39 is 11.2 Å².